The van der Waals surface area contributed by atoms with Gasteiger partial charge in [0.05, 0.1) is 29.8 Å². The number of amides is 1. The van der Waals surface area contributed by atoms with Crippen molar-refractivity contribution in [1.29, 1.82) is 0 Å². The van der Waals surface area contributed by atoms with E-state index in [0.29, 0.717) is 42.9 Å². The summed E-state index contributed by atoms with van der Waals surface area (Å²) < 4.78 is 5.35. The molecule has 2 fully saturated rings. The second kappa shape index (κ2) is 9.81. The van der Waals surface area contributed by atoms with E-state index in [1.807, 2.05) is 29.2 Å². The molecular weight excluding hydrogens is 461 g/mol. The molecule has 0 radical (unpaired) electrons. The average molecular weight is 486 g/mol. The van der Waals surface area contributed by atoms with E-state index in [2.05, 4.69) is 32.1 Å². The third kappa shape index (κ3) is 4.77. The van der Waals surface area contributed by atoms with E-state index in [1.165, 1.54) is 0 Å². The normalized spacial score (nSPS) is 17.5. The first-order valence-corrected chi connectivity index (χ1v) is 11.9. The number of anilines is 1. The van der Waals surface area contributed by atoms with Crippen LogP contribution in [-0.2, 0) is 9.53 Å². The van der Waals surface area contributed by atoms with Gasteiger partial charge in [0.25, 0.3) is 0 Å². The second-order valence-electron chi connectivity index (χ2n) is 8.30. The second-order valence-corrected chi connectivity index (χ2v) is 9.12. The van der Waals surface area contributed by atoms with E-state index in [0.717, 1.165) is 54.0 Å². The summed E-state index contributed by atoms with van der Waals surface area (Å²) in [6, 6.07) is 13.7. The maximum atomic E-state index is 12.6. The van der Waals surface area contributed by atoms with Crippen molar-refractivity contribution in [2.24, 2.45) is 0 Å². The molecule has 0 bridgehead atoms. The van der Waals surface area contributed by atoms with Crippen molar-refractivity contribution >= 4 is 45.7 Å². The van der Waals surface area contributed by atoms with Crippen LogP contribution in [0.4, 0.5) is 5.82 Å². The predicted octanol–water partition coefficient (Wildman–Crippen LogP) is 3.58. The van der Waals surface area contributed by atoms with E-state index in [1.54, 1.807) is 6.07 Å². The molecule has 2 aliphatic heterocycles. The lowest BCUT2D eigenvalue weighted by molar-refractivity contribution is -0.136. The maximum absolute atomic E-state index is 12.6. The summed E-state index contributed by atoms with van der Waals surface area (Å²) in [6.45, 7) is 6.28. The summed E-state index contributed by atoms with van der Waals surface area (Å²) in [7, 11) is 0. The van der Waals surface area contributed by atoms with Gasteiger partial charge < -0.3 is 14.5 Å². The molecule has 3 aromatic rings. The average Bonchev–Trinajstić information content (AvgIpc) is 2.86. The zero-order chi connectivity index (χ0) is 22.8. The lowest BCUT2D eigenvalue weighted by Gasteiger charge is -2.36. The molecule has 9 heteroatoms. The number of halogens is 2. The van der Waals surface area contributed by atoms with Crippen LogP contribution in [0.3, 0.4) is 0 Å². The molecule has 2 aliphatic rings. The van der Waals surface area contributed by atoms with E-state index in [4.69, 9.17) is 27.9 Å². The van der Waals surface area contributed by atoms with Gasteiger partial charge in [-0.3, -0.25) is 9.69 Å². The number of nitrogens with zero attached hydrogens (tertiary/aromatic N) is 5. The molecule has 5 rings (SSSR count). The number of aromatic nitrogens is 2. The SMILES string of the molecule is O=C(CN1CCN(c2nnc(-c3ccc(Cl)c(Cl)c3)c3ccccc23)CC1)N1CCOCC1. The Labute approximate surface area is 202 Å². The van der Waals surface area contributed by atoms with Crippen molar-refractivity contribution in [3.05, 3.63) is 52.5 Å². The number of piperazine rings is 1. The fourth-order valence-electron chi connectivity index (χ4n) is 4.40. The molecule has 172 valence electrons. The number of carbonyl (C=O) groups excluding carboxylic acids is 1. The fourth-order valence-corrected chi connectivity index (χ4v) is 4.70. The van der Waals surface area contributed by atoms with E-state index in [-0.39, 0.29) is 5.91 Å². The Balaban J connectivity index is 1.33. The summed E-state index contributed by atoms with van der Waals surface area (Å²) in [5, 5.41) is 12.3. The highest BCUT2D eigenvalue weighted by molar-refractivity contribution is 6.42. The molecular formula is C24H25Cl2N5O2. The summed E-state index contributed by atoms with van der Waals surface area (Å²) in [6.07, 6.45) is 0. The Bertz CT molecular complexity index is 1160. The number of rotatable bonds is 4. The monoisotopic (exact) mass is 485 g/mol. The minimum atomic E-state index is 0.183. The van der Waals surface area contributed by atoms with Crippen LogP contribution >= 0.6 is 23.2 Å². The van der Waals surface area contributed by atoms with Gasteiger partial charge in [0.1, 0.15) is 5.69 Å². The van der Waals surface area contributed by atoms with Crippen LogP contribution in [0.2, 0.25) is 10.0 Å². The van der Waals surface area contributed by atoms with E-state index < -0.39 is 0 Å². The van der Waals surface area contributed by atoms with Crippen molar-refractivity contribution < 1.29 is 9.53 Å². The molecule has 0 saturated carbocycles. The molecule has 2 saturated heterocycles. The lowest BCUT2D eigenvalue weighted by atomic mass is 10.0. The quantitative estimate of drug-likeness (QED) is 0.562. The van der Waals surface area contributed by atoms with Crippen LogP contribution in [0.5, 0.6) is 0 Å². The number of fused-ring (bicyclic) bond motifs is 1. The topological polar surface area (TPSA) is 61.8 Å². The molecule has 7 nitrogen and oxygen atoms in total. The van der Waals surface area contributed by atoms with Gasteiger partial charge in [0.15, 0.2) is 5.82 Å². The molecule has 0 aliphatic carbocycles. The van der Waals surface area contributed by atoms with Gasteiger partial charge in [-0.25, -0.2) is 0 Å². The van der Waals surface area contributed by atoms with Crippen LogP contribution < -0.4 is 4.90 Å². The van der Waals surface area contributed by atoms with Crippen LogP contribution in [0, 0.1) is 0 Å². The molecule has 0 N–H and O–H groups in total. The first-order chi connectivity index (χ1) is 16.1. The number of carbonyl (C=O) groups is 1. The van der Waals surface area contributed by atoms with Gasteiger partial charge in [0.2, 0.25) is 5.91 Å². The number of hydrogen-bond acceptors (Lipinski definition) is 6. The van der Waals surface area contributed by atoms with E-state index in [9.17, 15) is 4.79 Å². The Morgan fingerprint density at radius 3 is 2.33 bits per heavy atom. The first kappa shape index (κ1) is 22.3. The van der Waals surface area contributed by atoms with Crippen LogP contribution in [0.25, 0.3) is 22.0 Å². The van der Waals surface area contributed by atoms with E-state index >= 15 is 0 Å². The zero-order valence-corrected chi connectivity index (χ0v) is 19.7. The molecule has 2 aromatic carbocycles. The lowest BCUT2D eigenvalue weighted by Crippen LogP contribution is -2.51. The number of benzene rings is 2. The first-order valence-electron chi connectivity index (χ1n) is 11.1. The van der Waals surface area contributed by atoms with Gasteiger partial charge >= 0.3 is 0 Å². The largest absolute Gasteiger partial charge is 0.378 e. The maximum Gasteiger partial charge on any atom is 0.236 e. The van der Waals surface area contributed by atoms with Gasteiger partial charge in [-0.2, -0.15) is 0 Å². The zero-order valence-electron chi connectivity index (χ0n) is 18.2. The molecule has 3 heterocycles. The smallest absolute Gasteiger partial charge is 0.236 e. The predicted molar refractivity (Wildman–Crippen MR) is 131 cm³/mol. The van der Waals surface area contributed by atoms with Crippen molar-refractivity contribution in [1.82, 2.24) is 20.0 Å². The number of ether oxygens (including phenoxy) is 1. The van der Waals surface area contributed by atoms with Gasteiger partial charge in [-0.05, 0) is 12.1 Å². The summed E-state index contributed by atoms with van der Waals surface area (Å²) in [4.78, 5) is 19.0. The molecule has 33 heavy (non-hydrogen) atoms. The molecule has 1 aromatic heterocycles. The van der Waals surface area contributed by atoms with Crippen molar-refractivity contribution in [2.75, 3.05) is 63.9 Å². The molecule has 0 unspecified atom stereocenters. The Morgan fingerprint density at radius 2 is 1.61 bits per heavy atom. The van der Waals surface area contributed by atoms with Crippen molar-refractivity contribution in [3.8, 4) is 11.3 Å². The highest BCUT2D eigenvalue weighted by Crippen LogP contribution is 2.34. The molecule has 0 spiro atoms. The fraction of sp³-hybridized carbons (Fsp3) is 0.375. The van der Waals surface area contributed by atoms with Crippen molar-refractivity contribution in [3.63, 3.8) is 0 Å². The molecule has 1 amide bonds. The summed E-state index contributed by atoms with van der Waals surface area (Å²) >= 11 is 12.3. The molecule has 0 atom stereocenters. The van der Waals surface area contributed by atoms with Crippen LogP contribution in [0.1, 0.15) is 0 Å². The summed E-state index contributed by atoms with van der Waals surface area (Å²) in [5.41, 5.74) is 1.66. The van der Waals surface area contributed by atoms with Gasteiger partial charge in [0, 0.05) is 55.6 Å². The standard InChI is InChI=1S/C24H25Cl2N5O2/c25-20-6-5-17(15-21(20)26)23-18-3-1-2-4-19(18)24(28-27-23)31-9-7-29(8-10-31)16-22(32)30-11-13-33-14-12-30/h1-6,15H,7-14,16H2. The van der Waals surface area contributed by atoms with Crippen LogP contribution in [0.15, 0.2) is 42.5 Å². The van der Waals surface area contributed by atoms with Crippen LogP contribution in [-0.4, -0.2) is 84.9 Å². The highest BCUT2D eigenvalue weighted by atomic mass is 35.5. The Morgan fingerprint density at radius 1 is 0.879 bits per heavy atom. The highest BCUT2D eigenvalue weighted by Gasteiger charge is 2.25. The van der Waals surface area contributed by atoms with Gasteiger partial charge in [-0.1, -0.05) is 53.5 Å². The minimum absolute atomic E-state index is 0.183. The Kier molecular flexibility index (Phi) is 6.64. The van der Waals surface area contributed by atoms with Crippen molar-refractivity contribution in [2.45, 2.75) is 0 Å². The summed E-state index contributed by atoms with van der Waals surface area (Å²) in [5.74, 6) is 1.05. The Hall–Kier alpha value is -2.45. The van der Waals surface area contributed by atoms with Gasteiger partial charge in [-0.15, -0.1) is 10.2 Å². The third-order valence-corrected chi connectivity index (χ3v) is 6.99. The third-order valence-electron chi connectivity index (χ3n) is 6.26. The minimum Gasteiger partial charge on any atom is -0.378 e. The number of hydrogen-bond donors (Lipinski definition) is 0. The number of morpholine rings is 1.